The van der Waals surface area contributed by atoms with Crippen molar-refractivity contribution >= 4 is 5.91 Å². The van der Waals surface area contributed by atoms with E-state index in [1.54, 1.807) is 13.0 Å². The largest absolute Gasteiger partial charge is 0.394 e. The lowest BCUT2D eigenvalue weighted by Gasteiger charge is -2.40. The Labute approximate surface area is 146 Å². The first-order valence-electron chi connectivity index (χ1n) is 8.41. The third-order valence-electron chi connectivity index (χ3n) is 3.94. The third-order valence-corrected chi connectivity index (χ3v) is 3.94. The van der Waals surface area contributed by atoms with Crippen molar-refractivity contribution in [3.05, 3.63) is 12.2 Å². The molecule has 146 valence electrons. The topological polar surface area (TPSA) is 149 Å². The van der Waals surface area contributed by atoms with Gasteiger partial charge in [-0.2, -0.15) is 0 Å². The Morgan fingerprint density at radius 1 is 1.24 bits per heavy atom. The van der Waals surface area contributed by atoms with Crippen LogP contribution >= 0.6 is 0 Å². The number of amides is 1. The quantitative estimate of drug-likeness (QED) is 0.258. The number of aliphatic hydroxyl groups excluding tert-OH is 5. The maximum atomic E-state index is 11.6. The van der Waals surface area contributed by atoms with E-state index in [9.17, 15) is 25.2 Å². The number of hydrogen-bond acceptors (Lipinski definition) is 8. The lowest BCUT2D eigenvalue weighted by Crippen LogP contribution is -2.60. The Kier molecular flexibility index (Phi) is 9.51. The summed E-state index contributed by atoms with van der Waals surface area (Å²) in [5.41, 5.74) is 0. The van der Waals surface area contributed by atoms with E-state index in [-0.39, 0.29) is 18.9 Å². The van der Waals surface area contributed by atoms with Crippen molar-refractivity contribution in [2.75, 3.05) is 13.2 Å². The molecule has 2 unspecified atom stereocenters. The highest BCUT2D eigenvalue weighted by Gasteiger charge is 2.44. The summed E-state index contributed by atoms with van der Waals surface area (Å²) in [7, 11) is 0. The number of ether oxygens (including phenoxy) is 2. The molecule has 1 saturated heterocycles. The van der Waals surface area contributed by atoms with Crippen LogP contribution in [0.4, 0.5) is 0 Å². The number of rotatable bonds is 9. The van der Waals surface area contributed by atoms with Gasteiger partial charge >= 0.3 is 0 Å². The molecule has 1 aliphatic rings. The SMILES string of the molecule is CCC=C[C@@H](O)[C@H](CO[C@H]1OC(CO)[C@H](O)[C@@H](O)C1O)NC(=O)CC. The molecule has 1 aliphatic heterocycles. The second-order valence-corrected chi connectivity index (χ2v) is 5.89. The Morgan fingerprint density at radius 2 is 1.92 bits per heavy atom. The van der Waals surface area contributed by atoms with E-state index in [0.717, 1.165) is 0 Å². The molecule has 0 aromatic heterocycles. The highest BCUT2D eigenvalue weighted by molar-refractivity contribution is 5.75. The van der Waals surface area contributed by atoms with E-state index < -0.39 is 49.5 Å². The first-order chi connectivity index (χ1) is 11.8. The van der Waals surface area contributed by atoms with Crippen LogP contribution in [-0.4, -0.2) is 87.5 Å². The van der Waals surface area contributed by atoms with Crippen LogP contribution in [0.1, 0.15) is 26.7 Å². The van der Waals surface area contributed by atoms with E-state index in [4.69, 9.17) is 14.6 Å². The first-order valence-corrected chi connectivity index (χ1v) is 8.41. The van der Waals surface area contributed by atoms with Crippen LogP contribution in [0.2, 0.25) is 0 Å². The molecule has 25 heavy (non-hydrogen) atoms. The van der Waals surface area contributed by atoms with Crippen LogP contribution < -0.4 is 5.32 Å². The minimum atomic E-state index is -1.55. The van der Waals surface area contributed by atoms with Gasteiger partial charge in [-0.1, -0.05) is 26.0 Å². The van der Waals surface area contributed by atoms with Crippen molar-refractivity contribution in [2.45, 2.75) is 69.5 Å². The predicted molar refractivity (Wildman–Crippen MR) is 87.4 cm³/mol. The fourth-order valence-electron chi connectivity index (χ4n) is 2.35. The first kappa shape index (κ1) is 22.0. The van der Waals surface area contributed by atoms with Gasteiger partial charge < -0.3 is 40.3 Å². The summed E-state index contributed by atoms with van der Waals surface area (Å²) in [6.07, 6.45) is -3.79. The van der Waals surface area contributed by atoms with Gasteiger partial charge in [0.1, 0.15) is 24.4 Å². The van der Waals surface area contributed by atoms with Crippen molar-refractivity contribution in [1.29, 1.82) is 0 Å². The summed E-state index contributed by atoms with van der Waals surface area (Å²) in [5, 5.41) is 51.3. The van der Waals surface area contributed by atoms with Crippen LogP contribution in [0.15, 0.2) is 12.2 Å². The Balaban J connectivity index is 2.73. The molecule has 6 N–H and O–H groups in total. The van der Waals surface area contributed by atoms with Crippen LogP contribution in [0, 0.1) is 0 Å². The van der Waals surface area contributed by atoms with E-state index in [1.165, 1.54) is 6.08 Å². The molecule has 0 aromatic rings. The molecular formula is C16H29NO8. The van der Waals surface area contributed by atoms with Gasteiger partial charge in [0, 0.05) is 6.42 Å². The summed E-state index contributed by atoms with van der Waals surface area (Å²) < 4.78 is 10.6. The average molecular weight is 363 g/mol. The van der Waals surface area contributed by atoms with Crippen LogP contribution in [0.3, 0.4) is 0 Å². The maximum absolute atomic E-state index is 11.6. The van der Waals surface area contributed by atoms with Crippen LogP contribution in [0.25, 0.3) is 0 Å². The number of carbonyl (C=O) groups is 1. The number of nitrogens with one attached hydrogen (secondary N) is 1. The molecule has 1 rings (SSSR count). The van der Waals surface area contributed by atoms with E-state index in [1.807, 2.05) is 6.92 Å². The van der Waals surface area contributed by atoms with Crippen molar-refractivity contribution in [1.82, 2.24) is 5.32 Å². The Bertz CT molecular complexity index is 430. The van der Waals surface area contributed by atoms with Crippen molar-refractivity contribution < 1.29 is 39.8 Å². The van der Waals surface area contributed by atoms with Gasteiger partial charge in [0.15, 0.2) is 6.29 Å². The smallest absolute Gasteiger partial charge is 0.220 e. The lowest BCUT2D eigenvalue weighted by atomic mass is 9.99. The van der Waals surface area contributed by atoms with E-state index >= 15 is 0 Å². The molecule has 1 heterocycles. The summed E-state index contributed by atoms with van der Waals surface area (Å²) >= 11 is 0. The molecule has 0 spiro atoms. The molecule has 0 aromatic carbocycles. The molecule has 1 fully saturated rings. The fraction of sp³-hybridized carbons (Fsp3) is 0.812. The Morgan fingerprint density at radius 3 is 2.48 bits per heavy atom. The summed E-state index contributed by atoms with van der Waals surface area (Å²) in [5.74, 6) is -0.286. The van der Waals surface area contributed by atoms with Gasteiger partial charge in [-0.15, -0.1) is 0 Å². The van der Waals surface area contributed by atoms with Crippen molar-refractivity contribution in [3.8, 4) is 0 Å². The highest BCUT2D eigenvalue weighted by atomic mass is 16.7. The standard InChI is InChI=1S/C16H29NO8/c1-3-5-6-10(19)9(17-12(20)4-2)8-24-16-15(23)14(22)13(21)11(7-18)25-16/h5-6,9-11,13-16,18-19,21-23H,3-4,7-8H2,1-2H3,(H,17,20)/t9-,10+,11?,13-,14+,15?,16-/m0/s1. The summed E-state index contributed by atoms with van der Waals surface area (Å²) in [6, 6.07) is -0.789. The second-order valence-electron chi connectivity index (χ2n) is 5.89. The fourth-order valence-corrected chi connectivity index (χ4v) is 2.35. The molecule has 0 aliphatic carbocycles. The minimum Gasteiger partial charge on any atom is -0.394 e. The van der Waals surface area contributed by atoms with Gasteiger partial charge in [-0.25, -0.2) is 0 Å². The van der Waals surface area contributed by atoms with Crippen LogP contribution in [0.5, 0.6) is 0 Å². The molecule has 7 atom stereocenters. The lowest BCUT2D eigenvalue weighted by molar-refractivity contribution is -0.302. The molecule has 0 saturated carbocycles. The van der Waals surface area contributed by atoms with Crippen molar-refractivity contribution in [2.24, 2.45) is 0 Å². The molecule has 9 nitrogen and oxygen atoms in total. The minimum absolute atomic E-state index is 0.205. The average Bonchev–Trinajstić information content (AvgIpc) is 2.62. The highest BCUT2D eigenvalue weighted by Crippen LogP contribution is 2.22. The van der Waals surface area contributed by atoms with E-state index in [2.05, 4.69) is 5.32 Å². The van der Waals surface area contributed by atoms with Gasteiger partial charge in [0.25, 0.3) is 0 Å². The summed E-state index contributed by atoms with van der Waals surface area (Å²) in [4.78, 5) is 11.6. The number of allylic oxidation sites excluding steroid dienone is 1. The molecule has 9 heteroatoms. The summed E-state index contributed by atoms with van der Waals surface area (Å²) in [6.45, 7) is 2.79. The second kappa shape index (κ2) is 10.8. The molecule has 0 radical (unpaired) electrons. The number of hydrogen-bond donors (Lipinski definition) is 6. The van der Waals surface area contributed by atoms with E-state index in [0.29, 0.717) is 6.42 Å². The molecule has 0 bridgehead atoms. The zero-order valence-corrected chi connectivity index (χ0v) is 14.5. The van der Waals surface area contributed by atoms with Gasteiger partial charge in [0.2, 0.25) is 5.91 Å². The monoisotopic (exact) mass is 363 g/mol. The predicted octanol–water partition coefficient (Wildman–Crippen LogP) is -1.98. The maximum Gasteiger partial charge on any atom is 0.220 e. The van der Waals surface area contributed by atoms with Gasteiger partial charge in [-0.3, -0.25) is 4.79 Å². The normalized spacial score (nSPS) is 32.5. The zero-order chi connectivity index (χ0) is 19.0. The van der Waals surface area contributed by atoms with Gasteiger partial charge in [-0.05, 0) is 6.42 Å². The molecular weight excluding hydrogens is 334 g/mol. The van der Waals surface area contributed by atoms with Crippen molar-refractivity contribution in [3.63, 3.8) is 0 Å². The van der Waals surface area contributed by atoms with Crippen LogP contribution in [-0.2, 0) is 14.3 Å². The van der Waals surface area contributed by atoms with Gasteiger partial charge in [0.05, 0.1) is 25.4 Å². The number of carbonyl (C=O) groups excluding carboxylic acids is 1. The number of aliphatic hydroxyl groups is 5. The third kappa shape index (κ3) is 6.30. The Hall–Kier alpha value is -1.07. The molecule has 1 amide bonds. The zero-order valence-electron chi connectivity index (χ0n) is 14.5.